The number of aliphatic hydroxyl groups is 3. The summed E-state index contributed by atoms with van der Waals surface area (Å²) < 4.78 is 5.34. The maximum absolute atomic E-state index is 11.8. The van der Waals surface area contributed by atoms with Crippen LogP contribution in [-0.2, 0) is 9.53 Å². The van der Waals surface area contributed by atoms with Gasteiger partial charge in [0.05, 0.1) is 17.6 Å². The summed E-state index contributed by atoms with van der Waals surface area (Å²) in [4.78, 5) is 11.8. The van der Waals surface area contributed by atoms with Crippen molar-refractivity contribution in [1.29, 1.82) is 0 Å². The smallest absolute Gasteiger partial charge is 0.334 e. The average Bonchev–Trinajstić information content (AvgIpc) is 2.71. The van der Waals surface area contributed by atoms with E-state index in [1.807, 2.05) is 0 Å². The minimum absolute atomic E-state index is 0.322. The second-order valence-corrected chi connectivity index (χ2v) is 6.50. The fraction of sp³-hybridized carbons (Fsp3) is 0.667. The Labute approximate surface area is 117 Å². The molecule has 0 radical (unpaired) electrons. The van der Waals surface area contributed by atoms with Crippen molar-refractivity contribution in [3.63, 3.8) is 0 Å². The van der Waals surface area contributed by atoms with E-state index in [1.54, 1.807) is 13.8 Å². The summed E-state index contributed by atoms with van der Waals surface area (Å²) >= 11 is 0. The predicted molar refractivity (Wildman–Crippen MR) is 70.6 cm³/mol. The fourth-order valence-corrected chi connectivity index (χ4v) is 4.17. The summed E-state index contributed by atoms with van der Waals surface area (Å²) in [7, 11) is 0. The zero-order chi connectivity index (χ0) is 14.9. The first kappa shape index (κ1) is 13.8. The van der Waals surface area contributed by atoms with Crippen molar-refractivity contribution in [2.24, 2.45) is 11.8 Å². The lowest BCUT2D eigenvalue weighted by atomic mass is 9.72. The number of rotatable bonds is 0. The van der Waals surface area contributed by atoms with E-state index in [4.69, 9.17) is 4.74 Å². The van der Waals surface area contributed by atoms with E-state index in [0.29, 0.717) is 24.0 Å². The van der Waals surface area contributed by atoms with Gasteiger partial charge in [0.15, 0.2) is 0 Å². The van der Waals surface area contributed by atoms with Crippen molar-refractivity contribution >= 4 is 5.97 Å². The molecular weight excluding hydrogens is 260 g/mol. The van der Waals surface area contributed by atoms with E-state index < -0.39 is 35.3 Å². The Morgan fingerprint density at radius 2 is 2.10 bits per heavy atom. The molecule has 0 bridgehead atoms. The van der Waals surface area contributed by atoms with Crippen LogP contribution in [0.2, 0.25) is 0 Å². The Kier molecular flexibility index (Phi) is 2.71. The number of hydrogen-bond acceptors (Lipinski definition) is 5. The van der Waals surface area contributed by atoms with Crippen molar-refractivity contribution < 1.29 is 24.9 Å². The van der Waals surface area contributed by atoms with Gasteiger partial charge in [-0.15, -0.1) is 0 Å². The van der Waals surface area contributed by atoms with Crippen LogP contribution < -0.4 is 0 Å². The van der Waals surface area contributed by atoms with Gasteiger partial charge in [0.1, 0.15) is 11.7 Å². The van der Waals surface area contributed by atoms with Gasteiger partial charge in [-0.2, -0.15) is 0 Å². The molecule has 110 valence electrons. The standard InChI is InChI=1S/C15H20O5/c1-7-6-10(16)11-14(3,18)5-4-9-8(2)13(17)20-12(9)15(7,11)19/h6,9-12,16,18-19H,2,4-5H2,1,3H3. The highest BCUT2D eigenvalue weighted by Crippen LogP contribution is 2.54. The van der Waals surface area contributed by atoms with Crippen molar-refractivity contribution in [1.82, 2.24) is 0 Å². The molecule has 5 heteroatoms. The van der Waals surface area contributed by atoms with Gasteiger partial charge in [0.2, 0.25) is 0 Å². The van der Waals surface area contributed by atoms with E-state index in [1.165, 1.54) is 6.08 Å². The van der Waals surface area contributed by atoms with Crippen LogP contribution in [-0.4, -0.2) is 44.7 Å². The average molecular weight is 280 g/mol. The topological polar surface area (TPSA) is 87.0 Å². The third-order valence-corrected chi connectivity index (χ3v) is 5.24. The predicted octanol–water partition coefficient (Wildman–Crippen LogP) is 0.297. The van der Waals surface area contributed by atoms with Crippen LogP contribution in [0.1, 0.15) is 26.7 Å². The zero-order valence-corrected chi connectivity index (χ0v) is 11.7. The van der Waals surface area contributed by atoms with Crippen LogP contribution >= 0.6 is 0 Å². The van der Waals surface area contributed by atoms with E-state index in [9.17, 15) is 20.1 Å². The van der Waals surface area contributed by atoms with Crippen LogP contribution in [0.4, 0.5) is 0 Å². The molecule has 2 aliphatic carbocycles. The molecule has 3 rings (SSSR count). The Bertz CT molecular complexity index is 520. The fourth-order valence-electron chi connectivity index (χ4n) is 4.17. The van der Waals surface area contributed by atoms with Crippen molar-refractivity contribution in [3.05, 3.63) is 23.8 Å². The molecule has 0 aromatic heterocycles. The van der Waals surface area contributed by atoms with Crippen LogP contribution in [0.15, 0.2) is 23.8 Å². The molecule has 1 heterocycles. The van der Waals surface area contributed by atoms with E-state index in [0.717, 1.165) is 0 Å². The highest BCUT2D eigenvalue weighted by Gasteiger charge is 2.65. The Morgan fingerprint density at radius 3 is 2.75 bits per heavy atom. The van der Waals surface area contributed by atoms with Gasteiger partial charge in [-0.1, -0.05) is 12.7 Å². The van der Waals surface area contributed by atoms with Crippen molar-refractivity contribution in [2.75, 3.05) is 0 Å². The third kappa shape index (κ3) is 1.51. The normalized spacial score (nSPS) is 51.1. The lowest BCUT2D eigenvalue weighted by Gasteiger charge is -2.42. The van der Waals surface area contributed by atoms with Gasteiger partial charge in [-0.25, -0.2) is 4.79 Å². The Balaban J connectivity index is 2.14. The SMILES string of the molecule is C=C1C(=O)OC2C1CCC(C)(O)C1C(O)C=C(C)C21O. The number of esters is 1. The molecule has 3 N–H and O–H groups in total. The Hall–Kier alpha value is -1.17. The number of aliphatic hydroxyl groups excluding tert-OH is 1. The molecule has 2 fully saturated rings. The van der Waals surface area contributed by atoms with Crippen molar-refractivity contribution in [3.8, 4) is 0 Å². The summed E-state index contributed by atoms with van der Waals surface area (Å²) in [6.07, 6.45) is 0.670. The van der Waals surface area contributed by atoms with Crippen LogP contribution in [0.3, 0.4) is 0 Å². The highest BCUT2D eigenvalue weighted by molar-refractivity contribution is 5.91. The third-order valence-electron chi connectivity index (χ3n) is 5.24. The molecule has 1 aliphatic heterocycles. The number of fused-ring (bicyclic) bond motifs is 3. The maximum Gasteiger partial charge on any atom is 0.334 e. The number of carbonyl (C=O) groups is 1. The van der Waals surface area contributed by atoms with Gasteiger partial charge in [0.25, 0.3) is 0 Å². The molecule has 3 aliphatic rings. The molecule has 20 heavy (non-hydrogen) atoms. The molecule has 0 spiro atoms. The van der Waals surface area contributed by atoms with Crippen LogP contribution in [0.25, 0.3) is 0 Å². The largest absolute Gasteiger partial charge is 0.455 e. The highest BCUT2D eigenvalue weighted by atomic mass is 16.6. The van der Waals surface area contributed by atoms with Gasteiger partial charge in [-0.3, -0.25) is 0 Å². The first-order chi connectivity index (χ1) is 9.19. The quantitative estimate of drug-likeness (QED) is 0.337. The van der Waals surface area contributed by atoms with Gasteiger partial charge >= 0.3 is 5.97 Å². The first-order valence-electron chi connectivity index (χ1n) is 6.91. The Morgan fingerprint density at radius 1 is 1.45 bits per heavy atom. The van der Waals surface area contributed by atoms with E-state index in [-0.39, 0.29) is 5.92 Å². The molecule has 6 unspecified atom stereocenters. The summed E-state index contributed by atoms with van der Waals surface area (Å²) in [5.74, 6) is -1.62. The minimum Gasteiger partial charge on any atom is -0.455 e. The van der Waals surface area contributed by atoms with E-state index >= 15 is 0 Å². The maximum atomic E-state index is 11.8. The second kappa shape index (κ2) is 3.93. The van der Waals surface area contributed by atoms with Gasteiger partial charge in [-0.05, 0) is 32.3 Å². The van der Waals surface area contributed by atoms with Gasteiger partial charge < -0.3 is 20.1 Å². The lowest BCUT2D eigenvalue weighted by molar-refractivity contribution is -0.174. The molecule has 0 aromatic carbocycles. The summed E-state index contributed by atoms with van der Waals surface area (Å²) in [6.45, 7) is 7.06. The molecule has 1 saturated carbocycles. The molecular formula is C15H20O5. The van der Waals surface area contributed by atoms with E-state index in [2.05, 4.69) is 6.58 Å². The second-order valence-electron chi connectivity index (χ2n) is 6.50. The van der Waals surface area contributed by atoms with Crippen molar-refractivity contribution in [2.45, 2.75) is 50.1 Å². The first-order valence-corrected chi connectivity index (χ1v) is 6.91. The zero-order valence-electron chi connectivity index (χ0n) is 11.7. The lowest BCUT2D eigenvalue weighted by Crippen LogP contribution is -2.57. The number of ether oxygens (including phenoxy) is 1. The molecule has 6 atom stereocenters. The van der Waals surface area contributed by atoms with Gasteiger partial charge in [0, 0.05) is 11.5 Å². The number of carbonyl (C=O) groups excluding carboxylic acids is 1. The molecule has 0 aromatic rings. The summed E-state index contributed by atoms with van der Waals surface area (Å²) in [6, 6.07) is 0. The summed E-state index contributed by atoms with van der Waals surface area (Å²) in [5, 5.41) is 32.0. The molecule has 5 nitrogen and oxygen atoms in total. The number of hydrogen-bond donors (Lipinski definition) is 3. The summed E-state index contributed by atoms with van der Waals surface area (Å²) in [5.41, 5.74) is -1.90. The monoisotopic (exact) mass is 280 g/mol. The molecule has 0 amide bonds. The minimum atomic E-state index is -1.54. The van der Waals surface area contributed by atoms with Crippen LogP contribution in [0, 0.1) is 11.8 Å². The van der Waals surface area contributed by atoms with Crippen LogP contribution in [0.5, 0.6) is 0 Å². The molecule has 1 saturated heterocycles.